The molecule has 1 saturated heterocycles. The SMILES string of the molecule is CCC(O)c1ccc(N(CC)CC2CCCO2)cn1. The van der Waals surface area contributed by atoms with Gasteiger partial charge in [0.1, 0.15) is 0 Å². The van der Waals surface area contributed by atoms with E-state index in [9.17, 15) is 5.11 Å². The van der Waals surface area contributed by atoms with E-state index in [1.54, 1.807) is 0 Å². The summed E-state index contributed by atoms with van der Waals surface area (Å²) in [5.41, 5.74) is 1.85. The molecule has 4 heteroatoms. The van der Waals surface area contributed by atoms with Crippen molar-refractivity contribution in [1.82, 2.24) is 4.98 Å². The Morgan fingerprint density at radius 3 is 2.84 bits per heavy atom. The molecular weight excluding hydrogens is 240 g/mol. The van der Waals surface area contributed by atoms with Gasteiger partial charge in [0.25, 0.3) is 0 Å². The Bertz CT molecular complexity index is 374. The number of anilines is 1. The molecule has 1 N–H and O–H groups in total. The number of rotatable bonds is 6. The van der Waals surface area contributed by atoms with Crippen LogP contribution in [0, 0.1) is 0 Å². The standard InChI is InChI=1S/C15H24N2O2/c1-3-15(18)14-8-7-12(10-16-14)17(4-2)11-13-6-5-9-19-13/h7-8,10,13,15,18H,3-6,9,11H2,1-2H3. The first-order chi connectivity index (χ1) is 9.24. The second-order valence-corrected chi connectivity index (χ2v) is 5.04. The molecule has 2 unspecified atom stereocenters. The van der Waals surface area contributed by atoms with Crippen LogP contribution in [0.3, 0.4) is 0 Å². The topological polar surface area (TPSA) is 45.6 Å². The fraction of sp³-hybridized carbons (Fsp3) is 0.667. The molecule has 1 aromatic heterocycles. The lowest BCUT2D eigenvalue weighted by atomic mass is 10.1. The third kappa shape index (κ3) is 3.67. The van der Waals surface area contributed by atoms with E-state index < -0.39 is 6.10 Å². The number of hydrogen-bond donors (Lipinski definition) is 1. The largest absolute Gasteiger partial charge is 0.387 e. The van der Waals surface area contributed by atoms with E-state index in [1.165, 1.54) is 6.42 Å². The lowest BCUT2D eigenvalue weighted by Crippen LogP contribution is -2.32. The first-order valence-electron chi connectivity index (χ1n) is 7.25. The summed E-state index contributed by atoms with van der Waals surface area (Å²) < 4.78 is 5.68. The third-order valence-corrected chi connectivity index (χ3v) is 3.69. The molecule has 2 heterocycles. The quantitative estimate of drug-likeness (QED) is 0.857. The Morgan fingerprint density at radius 2 is 2.32 bits per heavy atom. The summed E-state index contributed by atoms with van der Waals surface area (Å²) in [5.74, 6) is 0. The fourth-order valence-corrected chi connectivity index (χ4v) is 2.44. The summed E-state index contributed by atoms with van der Waals surface area (Å²) in [5, 5.41) is 9.75. The Labute approximate surface area is 115 Å². The molecule has 1 fully saturated rings. The average molecular weight is 264 g/mol. The van der Waals surface area contributed by atoms with Gasteiger partial charge in [-0.15, -0.1) is 0 Å². The molecule has 0 spiro atoms. The highest BCUT2D eigenvalue weighted by Crippen LogP contribution is 2.21. The first kappa shape index (κ1) is 14.3. The van der Waals surface area contributed by atoms with Gasteiger partial charge in [-0.1, -0.05) is 6.92 Å². The molecule has 1 aromatic rings. The predicted octanol–water partition coefficient (Wildman–Crippen LogP) is 2.53. The van der Waals surface area contributed by atoms with Crippen LogP contribution in [0.5, 0.6) is 0 Å². The van der Waals surface area contributed by atoms with Crippen molar-refractivity contribution < 1.29 is 9.84 Å². The lowest BCUT2D eigenvalue weighted by Gasteiger charge is -2.26. The monoisotopic (exact) mass is 264 g/mol. The molecule has 0 saturated carbocycles. The molecule has 19 heavy (non-hydrogen) atoms. The van der Waals surface area contributed by atoms with Gasteiger partial charge in [-0.2, -0.15) is 0 Å². The van der Waals surface area contributed by atoms with Crippen molar-refractivity contribution in [3.8, 4) is 0 Å². The number of aliphatic hydroxyl groups excluding tert-OH is 1. The van der Waals surface area contributed by atoms with Crippen molar-refractivity contribution in [2.75, 3.05) is 24.6 Å². The number of pyridine rings is 1. The Balaban J connectivity index is 2.01. The molecule has 106 valence electrons. The number of hydrogen-bond acceptors (Lipinski definition) is 4. The summed E-state index contributed by atoms with van der Waals surface area (Å²) in [6, 6.07) is 3.96. The number of nitrogens with zero attached hydrogens (tertiary/aromatic N) is 2. The predicted molar refractivity (Wildman–Crippen MR) is 76.3 cm³/mol. The van der Waals surface area contributed by atoms with Crippen molar-refractivity contribution in [1.29, 1.82) is 0 Å². The second-order valence-electron chi connectivity index (χ2n) is 5.04. The normalized spacial score (nSPS) is 20.5. The van der Waals surface area contributed by atoms with Gasteiger partial charge in [0.15, 0.2) is 0 Å². The molecule has 0 radical (unpaired) electrons. The van der Waals surface area contributed by atoms with Crippen LogP contribution in [0.1, 0.15) is 44.9 Å². The van der Waals surface area contributed by atoms with Gasteiger partial charge in [-0.25, -0.2) is 0 Å². The molecule has 4 nitrogen and oxygen atoms in total. The summed E-state index contributed by atoms with van der Waals surface area (Å²) in [6.07, 6.45) is 4.76. The minimum Gasteiger partial charge on any atom is -0.387 e. The molecule has 1 aliphatic heterocycles. The van der Waals surface area contributed by atoms with E-state index in [0.29, 0.717) is 12.5 Å². The van der Waals surface area contributed by atoms with Crippen LogP contribution in [-0.4, -0.2) is 35.9 Å². The Morgan fingerprint density at radius 1 is 1.47 bits per heavy atom. The molecule has 2 rings (SSSR count). The van der Waals surface area contributed by atoms with Crippen LogP contribution in [0.2, 0.25) is 0 Å². The van der Waals surface area contributed by atoms with E-state index in [2.05, 4.69) is 16.8 Å². The number of ether oxygens (including phenoxy) is 1. The highest BCUT2D eigenvalue weighted by Gasteiger charge is 2.19. The summed E-state index contributed by atoms with van der Waals surface area (Å²) >= 11 is 0. The summed E-state index contributed by atoms with van der Waals surface area (Å²) in [7, 11) is 0. The third-order valence-electron chi connectivity index (χ3n) is 3.69. The van der Waals surface area contributed by atoms with Crippen LogP contribution in [0.25, 0.3) is 0 Å². The van der Waals surface area contributed by atoms with Crippen LogP contribution in [-0.2, 0) is 4.74 Å². The maximum absolute atomic E-state index is 9.75. The van der Waals surface area contributed by atoms with Crippen molar-refractivity contribution in [3.05, 3.63) is 24.0 Å². The van der Waals surface area contributed by atoms with Crippen LogP contribution in [0.15, 0.2) is 18.3 Å². The van der Waals surface area contributed by atoms with Gasteiger partial charge in [0, 0.05) is 19.7 Å². The Hall–Kier alpha value is -1.13. The van der Waals surface area contributed by atoms with Crippen molar-refractivity contribution in [3.63, 3.8) is 0 Å². The maximum Gasteiger partial charge on any atom is 0.0957 e. The molecule has 0 bridgehead atoms. The van der Waals surface area contributed by atoms with Gasteiger partial charge < -0.3 is 14.7 Å². The minimum absolute atomic E-state index is 0.348. The van der Waals surface area contributed by atoms with E-state index in [1.807, 2.05) is 25.3 Å². The maximum atomic E-state index is 9.75. The average Bonchev–Trinajstić information content (AvgIpc) is 2.97. The van der Waals surface area contributed by atoms with Gasteiger partial charge >= 0.3 is 0 Å². The molecular formula is C15H24N2O2. The van der Waals surface area contributed by atoms with E-state index in [-0.39, 0.29) is 0 Å². The van der Waals surface area contributed by atoms with Gasteiger partial charge in [-0.3, -0.25) is 4.98 Å². The zero-order valence-corrected chi connectivity index (χ0v) is 11.9. The van der Waals surface area contributed by atoms with Crippen molar-refractivity contribution in [2.24, 2.45) is 0 Å². The molecule has 1 aliphatic rings. The first-order valence-corrected chi connectivity index (χ1v) is 7.25. The molecule has 2 atom stereocenters. The van der Waals surface area contributed by atoms with E-state index >= 15 is 0 Å². The van der Waals surface area contributed by atoms with Crippen LogP contribution < -0.4 is 4.90 Å². The van der Waals surface area contributed by atoms with Gasteiger partial charge in [0.2, 0.25) is 0 Å². The molecule has 0 aromatic carbocycles. The number of aliphatic hydroxyl groups is 1. The smallest absolute Gasteiger partial charge is 0.0957 e. The van der Waals surface area contributed by atoms with Crippen LogP contribution >= 0.6 is 0 Å². The van der Waals surface area contributed by atoms with Gasteiger partial charge in [0.05, 0.1) is 29.8 Å². The zero-order chi connectivity index (χ0) is 13.7. The molecule has 0 amide bonds. The second kappa shape index (κ2) is 6.87. The fourth-order valence-electron chi connectivity index (χ4n) is 2.44. The zero-order valence-electron chi connectivity index (χ0n) is 11.9. The Kier molecular flexibility index (Phi) is 5.16. The van der Waals surface area contributed by atoms with Crippen LogP contribution in [0.4, 0.5) is 5.69 Å². The minimum atomic E-state index is -0.456. The lowest BCUT2D eigenvalue weighted by molar-refractivity contribution is 0.115. The van der Waals surface area contributed by atoms with Crippen molar-refractivity contribution >= 4 is 5.69 Å². The van der Waals surface area contributed by atoms with E-state index in [0.717, 1.165) is 37.5 Å². The van der Waals surface area contributed by atoms with Crippen molar-refractivity contribution in [2.45, 2.75) is 45.3 Å². The number of likely N-dealkylation sites (N-methyl/N-ethyl adjacent to an activating group) is 1. The highest BCUT2D eigenvalue weighted by atomic mass is 16.5. The van der Waals surface area contributed by atoms with E-state index in [4.69, 9.17) is 4.74 Å². The highest BCUT2D eigenvalue weighted by molar-refractivity contribution is 5.44. The molecule has 0 aliphatic carbocycles. The van der Waals surface area contributed by atoms with Gasteiger partial charge in [-0.05, 0) is 38.3 Å². The summed E-state index contributed by atoms with van der Waals surface area (Å²) in [4.78, 5) is 6.64. The number of aromatic nitrogens is 1. The summed E-state index contributed by atoms with van der Waals surface area (Å²) in [6.45, 7) is 6.85.